The highest BCUT2D eigenvalue weighted by atomic mass is 16.5. The van der Waals surface area contributed by atoms with Crippen LogP contribution in [0.3, 0.4) is 0 Å². The van der Waals surface area contributed by atoms with Crippen LogP contribution < -0.4 is 10.5 Å². The van der Waals surface area contributed by atoms with Crippen LogP contribution in [0.25, 0.3) is 11.4 Å². The van der Waals surface area contributed by atoms with E-state index in [9.17, 15) is 0 Å². The largest absolute Gasteiger partial charge is 0.464 e. The minimum atomic E-state index is 0.171. The Labute approximate surface area is 106 Å². The van der Waals surface area contributed by atoms with E-state index in [0.717, 1.165) is 16.7 Å². The van der Waals surface area contributed by atoms with E-state index in [1.807, 2.05) is 39.0 Å². The van der Waals surface area contributed by atoms with Crippen LogP contribution in [0.4, 0.5) is 5.95 Å². The maximum Gasteiger partial charge on any atom is 0.321 e. The highest BCUT2D eigenvalue weighted by molar-refractivity contribution is 5.61. The fraction of sp³-hybridized carbons (Fsp3) is 0.308. The summed E-state index contributed by atoms with van der Waals surface area (Å²) in [5.74, 6) is 0.719. The zero-order valence-corrected chi connectivity index (χ0v) is 10.8. The number of rotatable bonds is 3. The Bertz CT molecular complexity index is 569. The van der Waals surface area contributed by atoms with E-state index >= 15 is 0 Å². The van der Waals surface area contributed by atoms with Crippen molar-refractivity contribution in [2.45, 2.75) is 20.8 Å². The van der Waals surface area contributed by atoms with Crippen LogP contribution in [0.1, 0.15) is 18.1 Å². The second kappa shape index (κ2) is 5.00. The molecule has 0 unspecified atom stereocenters. The predicted octanol–water partition coefficient (Wildman–Crippen LogP) is 2.14. The first-order valence-electron chi connectivity index (χ1n) is 5.82. The van der Waals surface area contributed by atoms with E-state index < -0.39 is 0 Å². The van der Waals surface area contributed by atoms with Gasteiger partial charge in [0, 0.05) is 5.56 Å². The Morgan fingerprint density at radius 2 is 1.94 bits per heavy atom. The van der Waals surface area contributed by atoms with Gasteiger partial charge >= 0.3 is 6.01 Å². The maximum absolute atomic E-state index is 5.67. The molecule has 1 aromatic carbocycles. The van der Waals surface area contributed by atoms with Gasteiger partial charge in [-0.3, -0.25) is 0 Å². The van der Waals surface area contributed by atoms with Gasteiger partial charge < -0.3 is 10.5 Å². The molecule has 0 fully saturated rings. The fourth-order valence-corrected chi connectivity index (χ4v) is 1.66. The van der Waals surface area contributed by atoms with Crippen molar-refractivity contribution >= 4 is 5.95 Å². The highest BCUT2D eigenvalue weighted by Gasteiger charge is 2.10. The molecule has 0 bridgehead atoms. The maximum atomic E-state index is 5.67. The monoisotopic (exact) mass is 244 g/mol. The Kier molecular flexibility index (Phi) is 3.41. The summed E-state index contributed by atoms with van der Waals surface area (Å²) in [5.41, 5.74) is 8.86. The molecule has 2 rings (SSSR count). The number of nitrogens with zero attached hydrogens (tertiary/aromatic N) is 3. The highest BCUT2D eigenvalue weighted by Crippen LogP contribution is 2.22. The second-order valence-corrected chi connectivity index (χ2v) is 4.05. The normalized spacial score (nSPS) is 10.4. The quantitative estimate of drug-likeness (QED) is 0.895. The minimum Gasteiger partial charge on any atom is -0.464 e. The van der Waals surface area contributed by atoms with Crippen LogP contribution in [0, 0.1) is 13.8 Å². The third-order valence-corrected chi connectivity index (χ3v) is 2.54. The fourth-order valence-electron chi connectivity index (χ4n) is 1.66. The van der Waals surface area contributed by atoms with Crippen molar-refractivity contribution in [3.8, 4) is 17.4 Å². The lowest BCUT2D eigenvalue weighted by Gasteiger charge is -2.08. The number of aryl methyl sites for hydroxylation is 2. The van der Waals surface area contributed by atoms with Crippen molar-refractivity contribution in [3.63, 3.8) is 0 Å². The number of aromatic nitrogens is 3. The molecule has 1 heterocycles. The zero-order chi connectivity index (χ0) is 13.1. The number of hydrogen-bond acceptors (Lipinski definition) is 5. The summed E-state index contributed by atoms with van der Waals surface area (Å²) in [6, 6.07) is 6.37. The number of hydrogen-bond donors (Lipinski definition) is 1. The van der Waals surface area contributed by atoms with Gasteiger partial charge in [0.2, 0.25) is 5.95 Å². The number of ether oxygens (including phenoxy) is 1. The van der Waals surface area contributed by atoms with Crippen molar-refractivity contribution < 1.29 is 4.74 Å². The molecule has 2 aromatic rings. The summed E-state index contributed by atoms with van der Waals surface area (Å²) in [7, 11) is 0. The molecule has 0 amide bonds. The minimum absolute atomic E-state index is 0.171. The Morgan fingerprint density at radius 3 is 2.67 bits per heavy atom. The van der Waals surface area contributed by atoms with Gasteiger partial charge in [-0.15, -0.1) is 0 Å². The Morgan fingerprint density at radius 1 is 1.17 bits per heavy atom. The summed E-state index contributed by atoms with van der Waals surface area (Å²) in [5, 5.41) is 0. The molecule has 0 aliphatic rings. The second-order valence-electron chi connectivity index (χ2n) is 4.05. The molecule has 0 radical (unpaired) electrons. The third-order valence-electron chi connectivity index (χ3n) is 2.54. The van der Waals surface area contributed by atoms with Crippen LogP contribution in [-0.4, -0.2) is 21.6 Å². The molecule has 0 aliphatic carbocycles. The molecular weight excluding hydrogens is 228 g/mol. The van der Waals surface area contributed by atoms with Gasteiger partial charge in [-0.05, 0) is 32.4 Å². The van der Waals surface area contributed by atoms with Gasteiger partial charge in [0.25, 0.3) is 0 Å². The van der Waals surface area contributed by atoms with E-state index in [4.69, 9.17) is 10.5 Å². The van der Waals surface area contributed by atoms with E-state index in [-0.39, 0.29) is 12.0 Å². The summed E-state index contributed by atoms with van der Waals surface area (Å²) < 4.78 is 5.28. The average molecular weight is 244 g/mol. The van der Waals surface area contributed by atoms with E-state index in [2.05, 4.69) is 15.0 Å². The van der Waals surface area contributed by atoms with E-state index in [1.165, 1.54) is 0 Å². The predicted molar refractivity (Wildman–Crippen MR) is 70.3 cm³/mol. The Balaban J connectivity index is 2.52. The smallest absolute Gasteiger partial charge is 0.321 e. The summed E-state index contributed by atoms with van der Waals surface area (Å²) >= 11 is 0. The van der Waals surface area contributed by atoms with Gasteiger partial charge in [0.15, 0.2) is 5.82 Å². The molecule has 0 aliphatic heterocycles. The molecular formula is C13H16N4O. The summed E-state index contributed by atoms with van der Waals surface area (Å²) in [6.07, 6.45) is 0. The SMILES string of the molecule is CCOc1nc(N)nc(-c2cc(C)ccc2C)n1. The number of nitrogens with two attached hydrogens (primary N) is 1. The number of anilines is 1. The van der Waals surface area contributed by atoms with Crippen molar-refractivity contribution in [1.82, 2.24) is 15.0 Å². The van der Waals surface area contributed by atoms with Crippen molar-refractivity contribution in [3.05, 3.63) is 29.3 Å². The number of nitrogen functional groups attached to an aromatic ring is 1. The lowest BCUT2D eigenvalue weighted by molar-refractivity contribution is 0.312. The Hall–Kier alpha value is -2.17. The molecule has 1 aromatic heterocycles. The van der Waals surface area contributed by atoms with Gasteiger partial charge in [-0.2, -0.15) is 15.0 Å². The van der Waals surface area contributed by atoms with Gasteiger partial charge in [0.05, 0.1) is 6.61 Å². The topological polar surface area (TPSA) is 73.9 Å². The van der Waals surface area contributed by atoms with Crippen LogP contribution >= 0.6 is 0 Å². The molecule has 2 N–H and O–H groups in total. The lowest BCUT2D eigenvalue weighted by Crippen LogP contribution is -2.05. The third kappa shape index (κ3) is 2.56. The van der Waals surface area contributed by atoms with E-state index in [0.29, 0.717) is 12.4 Å². The number of benzene rings is 1. The molecule has 18 heavy (non-hydrogen) atoms. The first kappa shape index (κ1) is 12.3. The lowest BCUT2D eigenvalue weighted by atomic mass is 10.1. The van der Waals surface area contributed by atoms with Crippen LogP contribution in [-0.2, 0) is 0 Å². The summed E-state index contributed by atoms with van der Waals surface area (Å²) in [6.45, 7) is 6.40. The van der Waals surface area contributed by atoms with Gasteiger partial charge in [-0.1, -0.05) is 17.7 Å². The van der Waals surface area contributed by atoms with Gasteiger partial charge in [-0.25, -0.2) is 0 Å². The molecule has 0 saturated heterocycles. The van der Waals surface area contributed by atoms with Crippen molar-refractivity contribution in [2.24, 2.45) is 0 Å². The zero-order valence-electron chi connectivity index (χ0n) is 10.8. The molecule has 5 nitrogen and oxygen atoms in total. The molecule has 0 saturated carbocycles. The first-order chi connectivity index (χ1) is 8.60. The van der Waals surface area contributed by atoms with Crippen LogP contribution in [0.5, 0.6) is 6.01 Å². The van der Waals surface area contributed by atoms with Crippen molar-refractivity contribution in [1.29, 1.82) is 0 Å². The first-order valence-corrected chi connectivity index (χ1v) is 5.82. The van der Waals surface area contributed by atoms with Crippen LogP contribution in [0.2, 0.25) is 0 Å². The van der Waals surface area contributed by atoms with Gasteiger partial charge in [0.1, 0.15) is 0 Å². The van der Waals surface area contributed by atoms with E-state index in [1.54, 1.807) is 0 Å². The molecule has 0 atom stereocenters. The van der Waals surface area contributed by atoms with Crippen LogP contribution in [0.15, 0.2) is 18.2 Å². The molecule has 0 spiro atoms. The molecule has 5 heteroatoms. The summed E-state index contributed by atoms with van der Waals surface area (Å²) in [4.78, 5) is 12.4. The molecule has 94 valence electrons. The standard InChI is InChI=1S/C13H16N4O/c1-4-18-13-16-11(15-12(14)17-13)10-7-8(2)5-6-9(10)3/h5-7H,4H2,1-3H3,(H2,14,15,16,17). The average Bonchev–Trinajstić information content (AvgIpc) is 2.32. The van der Waals surface area contributed by atoms with Crippen molar-refractivity contribution in [2.75, 3.05) is 12.3 Å².